The van der Waals surface area contributed by atoms with Gasteiger partial charge < -0.3 is 5.32 Å². The molecule has 0 aromatic carbocycles. The second-order valence-electron chi connectivity index (χ2n) is 5.50. The number of nitrogens with one attached hydrogen (secondary N) is 1. The van der Waals surface area contributed by atoms with Gasteiger partial charge in [-0.05, 0) is 40.5 Å². The molecule has 1 heterocycles. The summed E-state index contributed by atoms with van der Waals surface area (Å²) in [6.07, 6.45) is 2.07. The fourth-order valence-corrected chi connectivity index (χ4v) is 2.09. The van der Waals surface area contributed by atoms with Crippen molar-refractivity contribution in [3.8, 4) is 0 Å². The minimum Gasteiger partial charge on any atom is -0.308 e. The topological polar surface area (TPSA) is 29.9 Å². The minimum absolute atomic E-state index is 0.157. The summed E-state index contributed by atoms with van der Waals surface area (Å²) in [5, 5.41) is 8.27. The molecule has 0 spiro atoms. The van der Waals surface area contributed by atoms with Gasteiger partial charge in [0.05, 0.1) is 5.69 Å². The van der Waals surface area contributed by atoms with Gasteiger partial charge in [0.25, 0.3) is 0 Å². The van der Waals surface area contributed by atoms with Crippen molar-refractivity contribution in [2.75, 3.05) is 0 Å². The molecule has 0 radical (unpaired) electrons. The van der Waals surface area contributed by atoms with Gasteiger partial charge in [-0.1, -0.05) is 13.8 Å². The highest BCUT2D eigenvalue weighted by Gasteiger charge is 2.17. The van der Waals surface area contributed by atoms with Gasteiger partial charge in [-0.3, -0.25) is 4.68 Å². The Morgan fingerprint density at radius 1 is 1.12 bits per heavy atom. The molecule has 0 bridgehead atoms. The number of aryl methyl sites for hydroxylation is 2. The van der Waals surface area contributed by atoms with Gasteiger partial charge in [0, 0.05) is 29.9 Å². The molecule has 1 rings (SSSR count). The van der Waals surface area contributed by atoms with E-state index in [2.05, 4.69) is 51.5 Å². The first kappa shape index (κ1) is 14.2. The fraction of sp³-hybridized carbons (Fsp3) is 0.786. The Kier molecular flexibility index (Phi) is 4.75. The summed E-state index contributed by atoms with van der Waals surface area (Å²) in [5.41, 5.74) is 4.21. The highest BCUT2D eigenvalue weighted by Crippen LogP contribution is 2.17. The lowest BCUT2D eigenvalue weighted by Crippen LogP contribution is -2.35. The monoisotopic (exact) mass is 237 g/mol. The molecule has 17 heavy (non-hydrogen) atoms. The van der Waals surface area contributed by atoms with Crippen LogP contribution in [0.5, 0.6) is 0 Å². The maximum Gasteiger partial charge on any atom is 0.0669 e. The van der Waals surface area contributed by atoms with E-state index >= 15 is 0 Å². The third-order valence-corrected chi connectivity index (χ3v) is 3.01. The second-order valence-corrected chi connectivity index (χ2v) is 5.50. The third-order valence-electron chi connectivity index (χ3n) is 3.01. The van der Waals surface area contributed by atoms with Crippen LogP contribution in [-0.2, 0) is 25.9 Å². The van der Waals surface area contributed by atoms with Gasteiger partial charge >= 0.3 is 0 Å². The van der Waals surface area contributed by atoms with Gasteiger partial charge in [-0.15, -0.1) is 0 Å². The van der Waals surface area contributed by atoms with Crippen molar-refractivity contribution in [1.82, 2.24) is 15.1 Å². The smallest absolute Gasteiger partial charge is 0.0669 e. The summed E-state index contributed by atoms with van der Waals surface area (Å²) in [7, 11) is 0. The van der Waals surface area contributed by atoms with Crippen LogP contribution in [-0.4, -0.2) is 15.3 Å². The Labute approximate surface area is 106 Å². The molecule has 0 aliphatic heterocycles. The van der Waals surface area contributed by atoms with E-state index in [0.29, 0.717) is 0 Å². The molecule has 0 aliphatic rings. The first-order chi connectivity index (χ1) is 7.92. The molecule has 0 saturated heterocycles. The van der Waals surface area contributed by atoms with Crippen LogP contribution in [0.15, 0.2) is 0 Å². The van der Waals surface area contributed by atoms with Gasteiger partial charge in [0.2, 0.25) is 0 Å². The molecule has 0 saturated carbocycles. The normalized spacial score (nSPS) is 12.1. The number of hydrogen-bond donors (Lipinski definition) is 1. The molecule has 3 nitrogen and oxygen atoms in total. The van der Waals surface area contributed by atoms with E-state index in [4.69, 9.17) is 5.10 Å². The summed E-state index contributed by atoms with van der Waals surface area (Å²) in [6, 6.07) is 0. The Morgan fingerprint density at radius 3 is 2.18 bits per heavy atom. The van der Waals surface area contributed by atoms with Crippen LogP contribution in [0.1, 0.15) is 58.5 Å². The molecule has 0 unspecified atom stereocenters. The van der Waals surface area contributed by atoms with Crippen LogP contribution < -0.4 is 5.32 Å². The quantitative estimate of drug-likeness (QED) is 0.853. The second kappa shape index (κ2) is 5.67. The van der Waals surface area contributed by atoms with E-state index in [-0.39, 0.29) is 5.54 Å². The summed E-state index contributed by atoms with van der Waals surface area (Å²) >= 11 is 0. The number of nitrogens with zero attached hydrogens (tertiary/aromatic N) is 2. The summed E-state index contributed by atoms with van der Waals surface area (Å²) in [4.78, 5) is 0. The van der Waals surface area contributed by atoms with Gasteiger partial charge in [-0.25, -0.2) is 0 Å². The average molecular weight is 237 g/mol. The molecule has 0 atom stereocenters. The largest absolute Gasteiger partial charge is 0.308 e. The zero-order valence-corrected chi connectivity index (χ0v) is 12.2. The van der Waals surface area contributed by atoms with Crippen molar-refractivity contribution in [3.05, 3.63) is 17.0 Å². The first-order valence-electron chi connectivity index (χ1n) is 6.75. The van der Waals surface area contributed by atoms with Crippen LogP contribution in [0.2, 0.25) is 0 Å². The van der Waals surface area contributed by atoms with Gasteiger partial charge in [0.15, 0.2) is 0 Å². The minimum atomic E-state index is 0.157. The average Bonchev–Trinajstić information content (AvgIpc) is 2.62. The van der Waals surface area contributed by atoms with Crippen LogP contribution in [0.3, 0.4) is 0 Å². The summed E-state index contributed by atoms with van der Waals surface area (Å²) < 4.78 is 2.15. The van der Waals surface area contributed by atoms with E-state index in [1.165, 1.54) is 17.0 Å². The lowest BCUT2D eigenvalue weighted by molar-refractivity contribution is 0.422. The van der Waals surface area contributed by atoms with Gasteiger partial charge in [-0.2, -0.15) is 5.10 Å². The Balaban J connectivity index is 2.98. The molecule has 3 heteroatoms. The highest BCUT2D eigenvalue weighted by atomic mass is 15.3. The maximum atomic E-state index is 4.70. The van der Waals surface area contributed by atoms with E-state index < -0.39 is 0 Å². The molecule has 1 N–H and O–H groups in total. The van der Waals surface area contributed by atoms with Crippen molar-refractivity contribution in [2.45, 2.75) is 73.0 Å². The number of rotatable bonds is 5. The van der Waals surface area contributed by atoms with E-state index in [9.17, 15) is 0 Å². The highest BCUT2D eigenvalue weighted by molar-refractivity contribution is 5.27. The standard InChI is InChI=1S/C14H27N3/c1-7-12-11(10-15-14(4,5)6)13(8-2)17(9-3)16-12/h15H,7-10H2,1-6H3. The molecule has 1 aromatic rings. The lowest BCUT2D eigenvalue weighted by Gasteiger charge is -2.21. The molecule has 0 fully saturated rings. The molecular weight excluding hydrogens is 210 g/mol. The van der Waals surface area contributed by atoms with Crippen molar-refractivity contribution in [2.24, 2.45) is 0 Å². The zero-order valence-electron chi connectivity index (χ0n) is 12.2. The molecular formula is C14H27N3. The van der Waals surface area contributed by atoms with Crippen LogP contribution in [0, 0.1) is 0 Å². The summed E-state index contributed by atoms with van der Waals surface area (Å²) in [6.45, 7) is 15.1. The van der Waals surface area contributed by atoms with E-state index in [1.54, 1.807) is 0 Å². The van der Waals surface area contributed by atoms with Crippen molar-refractivity contribution >= 4 is 0 Å². The lowest BCUT2D eigenvalue weighted by atomic mass is 10.1. The molecule has 0 aliphatic carbocycles. The van der Waals surface area contributed by atoms with Crippen molar-refractivity contribution in [3.63, 3.8) is 0 Å². The molecule has 1 aromatic heterocycles. The number of hydrogen-bond acceptors (Lipinski definition) is 2. The number of aromatic nitrogens is 2. The fourth-order valence-electron chi connectivity index (χ4n) is 2.09. The Hall–Kier alpha value is -0.830. The van der Waals surface area contributed by atoms with Crippen LogP contribution in [0.25, 0.3) is 0 Å². The van der Waals surface area contributed by atoms with E-state index in [0.717, 1.165) is 25.9 Å². The predicted octanol–water partition coefficient (Wildman–Crippen LogP) is 2.92. The Morgan fingerprint density at radius 2 is 1.76 bits per heavy atom. The zero-order chi connectivity index (χ0) is 13.1. The molecule has 0 amide bonds. The van der Waals surface area contributed by atoms with Gasteiger partial charge in [0.1, 0.15) is 0 Å². The van der Waals surface area contributed by atoms with E-state index in [1.807, 2.05) is 0 Å². The first-order valence-corrected chi connectivity index (χ1v) is 6.75. The van der Waals surface area contributed by atoms with Crippen LogP contribution >= 0.6 is 0 Å². The molecule has 98 valence electrons. The summed E-state index contributed by atoms with van der Waals surface area (Å²) in [5.74, 6) is 0. The maximum absolute atomic E-state index is 4.70. The Bertz CT molecular complexity index is 358. The predicted molar refractivity (Wildman–Crippen MR) is 73.2 cm³/mol. The van der Waals surface area contributed by atoms with Crippen LogP contribution in [0.4, 0.5) is 0 Å². The van der Waals surface area contributed by atoms with Crippen molar-refractivity contribution < 1.29 is 0 Å². The third kappa shape index (κ3) is 3.56. The SMILES string of the molecule is CCc1nn(CC)c(CC)c1CNC(C)(C)C. The van der Waals surface area contributed by atoms with Crippen molar-refractivity contribution in [1.29, 1.82) is 0 Å².